The van der Waals surface area contributed by atoms with Crippen molar-refractivity contribution in [2.75, 3.05) is 32.7 Å². The van der Waals surface area contributed by atoms with Gasteiger partial charge in [-0.15, -0.1) is 0 Å². The van der Waals surface area contributed by atoms with Crippen LogP contribution in [0.4, 0.5) is 0 Å². The summed E-state index contributed by atoms with van der Waals surface area (Å²) in [6.07, 6.45) is 12.4. The van der Waals surface area contributed by atoms with Crippen LogP contribution in [0.1, 0.15) is 94.5 Å². The van der Waals surface area contributed by atoms with Crippen LogP contribution in [-0.2, 0) is 6.42 Å². The van der Waals surface area contributed by atoms with Gasteiger partial charge in [-0.1, -0.05) is 64.6 Å². The first-order valence-electron chi connectivity index (χ1n) is 13.5. The second-order valence-corrected chi connectivity index (χ2v) is 11.0. The highest BCUT2D eigenvalue weighted by atomic mass is 35.5. The summed E-state index contributed by atoms with van der Waals surface area (Å²) in [6, 6.07) is 6.48. The summed E-state index contributed by atoms with van der Waals surface area (Å²) in [4.78, 5) is 15.5. The van der Waals surface area contributed by atoms with Crippen molar-refractivity contribution in [2.45, 2.75) is 91.0 Å². The Bertz CT molecular complexity index is 739. The number of aryl methyl sites for hydroxylation is 1. The minimum absolute atomic E-state index is 0. The third-order valence-electron chi connectivity index (χ3n) is 8.17. The highest BCUT2D eigenvalue weighted by Gasteiger charge is 2.39. The fourth-order valence-corrected chi connectivity index (χ4v) is 6.20. The van der Waals surface area contributed by atoms with Gasteiger partial charge in [0.15, 0.2) is 0 Å². The summed E-state index contributed by atoms with van der Waals surface area (Å²) in [7, 11) is 0. The van der Waals surface area contributed by atoms with Gasteiger partial charge in [0.25, 0.3) is 5.91 Å². The second-order valence-electron chi connectivity index (χ2n) is 10.6. The van der Waals surface area contributed by atoms with Crippen LogP contribution in [0.25, 0.3) is 0 Å². The largest absolute Gasteiger partial charge is 0.351 e. The Morgan fingerprint density at radius 2 is 1.91 bits per heavy atom. The summed E-state index contributed by atoms with van der Waals surface area (Å²) in [5, 5.41) is 7.46. The molecule has 0 spiro atoms. The number of nitrogens with zero attached hydrogens (tertiary/aromatic N) is 1. The number of hydrogen-bond acceptors (Lipinski definition) is 3. The van der Waals surface area contributed by atoms with Gasteiger partial charge >= 0.3 is 0 Å². The number of fused-ring (bicyclic) bond motifs is 2. The minimum atomic E-state index is -0.00734. The topological polar surface area (TPSA) is 44.4 Å². The molecule has 192 valence electrons. The molecule has 2 saturated carbocycles. The van der Waals surface area contributed by atoms with E-state index in [0.717, 1.165) is 51.5 Å². The summed E-state index contributed by atoms with van der Waals surface area (Å²) < 4.78 is 0. The van der Waals surface area contributed by atoms with Crippen molar-refractivity contribution in [1.29, 1.82) is 0 Å². The molecule has 1 unspecified atom stereocenters. The number of amides is 1. The Kier molecular flexibility index (Phi) is 12.4. The fourth-order valence-electron chi connectivity index (χ4n) is 5.99. The molecule has 0 heterocycles. The van der Waals surface area contributed by atoms with Gasteiger partial charge in [0, 0.05) is 12.6 Å². The molecule has 2 aliphatic carbocycles. The van der Waals surface area contributed by atoms with Crippen LogP contribution in [0.15, 0.2) is 18.2 Å². The van der Waals surface area contributed by atoms with Crippen molar-refractivity contribution in [2.24, 2.45) is 11.3 Å². The van der Waals surface area contributed by atoms with Crippen molar-refractivity contribution in [3.8, 4) is 0 Å². The molecule has 0 aliphatic heterocycles. The van der Waals surface area contributed by atoms with E-state index in [1.165, 1.54) is 56.9 Å². The summed E-state index contributed by atoms with van der Waals surface area (Å²) >= 11 is 6.43. The van der Waals surface area contributed by atoms with Crippen LogP contribution < -0.4 is 10.6 Å². The average molecular weight is 490 g/mol. The third kappa shape index (κ3) is 8.53. The predicted octanol–water partition coefficient (Wildman–Crippen LogP) is 6.40. The molecule has 3 rings (SSSR count). The average Bonchev–Trinajstić information content (AvgIpc) is 2.82. The zero-order valence-corrected chi connectivity index (χ0v) is 22.7. The van der Waals surface area contributed by atoms with Crippen LogP contribution in [0.5, 0.6) is 0 Å². The van der Waals surface area contributed by atoms with E-state index in [1.54, 1.807) is 0 Å². The van der Waals surface area contributed by atoms with Gasteiger partial charge in [-0.3, -0.25) is 4.79 Å². The zero-order valence-electron chi connectivity index (χ0n) is 21.9. The van der Waals surface area contributed by atoms with Crippen molar-refractivity contribution in [1.82, 2.24) is 15.5 Å². The lowest BCUT2D eigenvalue weighted by molar-refractivity contribution is 0.0682. The van der Waals surface area contributed by atoms with Crippen molar-refractivity contribution < 1.29 is 4.79 Å². The maximum absolute atomic E-state index is 13.0. The molecular formula is C29H48ClN3O. The number of hydrogen-bond donors (Lipinski definition) is 2. The monoisotopic (exact) mass is 489 g/mol. The molecule has 2 radical (unpaired) electrons. The Labute approximate surface area is 214 Å². The first kappa shape index (κ1) is 29.1. The highest BCUT2D eigenvalue weighted by molar-refractivity contribution is 6.33. The van der Waals surface area contributed by atoms with Crippen LogP contribution in [0.3, 0.4) is 0 Å². The Balaban J connectivity index is 0.00000408. The molecule has 2 N–H and O–H groups in total. The molecule has 2 bridgehead atoms. The van der Waals surface area contributed by atoms with Gasteiger partial charge < -0.3 is 15.5 Å². The van der Waals surface area contributed by atoms with E-state index in [1.807, 2.05) is 12.1 Å². The van der Waals surface area contributed by atoms with E-state index in [-0.39, 0.29) is 13.3 Å². The normalized spacial score (nSPS) is 22.8. The van der Waals surface area contributed by atoms with Crippen LogP contribution in [0, 0.1) is 18.8 Å². The lowest BCUT2D eigenvalue weighted by Crippen LogP contribution is -2.43. The fraction of sp³-hybridized carbons (Fsp3) is 0.724. The molecular weight excluding hydrogens is 442 g/mol. The molecule has 4 nitrogen and oxygen atoms in total. The van der Waals surface area contributed by atoms with Gasteiger partial charge in [0.1, 0.15) is 0 Å². The molecule has 5 heteroatoms. The van der Waals surface area contributed by atoms with E-state index < -0.39 is 0 Å². The van der Waals surface area contributed by atoms with Crippen LogP contribution in [0.2, 0.25) is 5.02 Å². The Morgan fingerprint density at radius 3 is 2.59 bits per heavy atom. The van der Waals surface area contributed by atoms with Crippen molar-refractivity contribution in [3.05, 3.63) is 41.8 Å². The first-order chi connectivity index (χ1) is 15.9. The Morgan fingerprint density at radius 1 is 1.21 bits per heavy atom. The summed E-state index contributed by atoms with van der Waals surface area (Å²) in [6.45, 7) is 11.9. The van der Waals surface area contributed by atoms with Gasteiger partial charge in [-0.05, 0) is 101 Å². The second kappa shape index (κ2) is 14.5. The number of carbonyl (C=O) groups excluding carboxylic acids is 1. The maximum atomic E-state index is 13.0. The standard InChI is InChI=1S/C28H46ClN3O.CH2/c1-4-32(5-2)18-14-22(3)30-17-8-11-23-12-13-26(29)25(19-23)27(33)31-21-28-15-6-9-24(20-28)10-7-16-28;/h12-13,19,22,24,30H,4-11,14-18,20-21H2,1-3H3,(H,31,33);1H2. The minimum Gasteiger partial charge on any atom is -0.351 e. The van der Waals surface area contributed by atoms with E-state index in [2.05, 4.69) is 42.4 Å². The number of nitrogens with one attached hydrogen (secondary N) is 2. The highest BCUT2D eigenvalue weighted by Crippen LogP contribution is 2.48. The molecule has 0 aromatic heterocycles. The van der Waals surface area contributed by atoms with E-state index in [4.69, 9.17) is 11.6 Å². The maximum Gasteiger partial charge on any atom is 0.252 e. The van der Waals surface area contributed by atoms with Gasteiger partial charge in [-0.25, -0.2) is 0 Å². The summed E-state index contributed by atoms with van der Waals surface area (Å²) in [5.74, 6) is 0.872. The van der Waals surface area contributed by atoms with Gasteiger partial charge in [0.05, 0.1) is 10.6 Å². The molecule has 2 fully saturated rings. The lowest BCUT2D eigenvalue weighted by Gasteiger charge is -2.45. The van der Waals surface area contributed by atoms with Crippen molar-refractivity contribution in [3.63, 3.8) is 0 Å². The lowest BCUT2D eigenvalue weighted by atomic mass is 9.62. The number of halogens is 1. The van der Waals surface area contributed by atoms with E-state index >= 15 is 0 Å². The SMILES string of the molecule is CCN(CC)CCC(C)NCCCc1ccc(Cl)c(C(=O)NCC23CCCC(CCC2)C3)c1.[CH2]. The Hall–Kier alpha value is -1.10. The molecule has 1 aromatic rings. The summed E-state index contributed by atoms with van der Waals surface area (Å²) in [5.41, 5.74) is 2.15. The van der Waals surface area contributed by atoms with Gasteiger partial charge in [-0.2, -0.15) is 0 Å². The molecule has 34 heavy (non-hydrogen) atoms. The zero-order chi connectivity index (χ0) is 23.7. The molecule has 1 atom stereocenters. The first-order valence-corrected chi connectivity index (χ1v) is 13.8. The quantitative estimate of drug-likeness (QED) is 0.315. The number of benzene rings is 1. The number of carbonyl (C=O) groups is 1. The van der Waals surface area contributed by atoms with Crippen LogP contribution >= 0.6 is 11.6 Å². The smallest absolute Gasteiger partial charge is 0.252 e. The molecule has 1 amide bonds. The van der Waals surface area contributed by atoms with Crippen LogP contribution in [-0.4, -0.2) is 49.6 Å². The van der Waals surface area contributed by atoms with Crippen molar-refractivity contribution >= 4 is 17.5 Å². The van der Waals surface area contributed by atoms with Gasteiger partial charge in [0.2, 0.25) is 0 Å². The third-order valence-corrected chi connectivity index (χ3v) is 8.50. The number of rotatable bonds is 13. The molecule has 1 aromatic carbocycles. The predicted molar refractivity (Wildman–Crippen MR) is 146 cm³/mol. The molecule has 0 saturated heterocycles. The van der Waals surface area contributed by atoms with E-state index in [0.29, 0.717) is 22.0 Å². The molecule has 2 aliphatic rings. The van der Waals surface area contributed by atoms with E-state index in [9.17, 15) is 4.79 Å².